The maximum absolute atomic E-state index is 6.16. The van der Waals surface area contributed by atoms with Crippen LogP contribution in [0.5, 0.6) is 0 Å². The van der Waals surface area contributed by atoms with Gasteiger partial charge in [-0.1, -0.05) is 34.1 Å². The van der Waals surface area contributed by atoms with Gasteiger partial charge in [-0.3, -0.25) is 0 Å². The van der Waals surface area contributed by atoms with E-state index in [1.807, 2.05) is 0 Å². The first-order valence-electron chi connectivity index (χ1n) is 5.65. The zero-order valence-electron chi connectivity index (χ0n) is 9.34. The molecule has 2 bridgehead atoms. The molecule has 0 aromatic heterocycles. The molecular weight excluding hydrogens is 160 g/mol. The zero-order chi connectivity index (χ0) is 9.64. The van der Waals surface area contributed by atoms with E-state index in [1.54, 1.807) is 0 Å². The molecule has 76 valence electrons. The third-order valence-electron chi connectivity index (χ3n) is 3.85. The smallest absolute Gasteiger partial charge is 0.0658 e. The quantitative estimate of drug-likeness (QED) is 0.559. The van der Waals surface area contributed by atoms with Crippen molar-refractivity contribution in [3.05, 3.63) is 0 Å². The number of fused-ring (bicyclic) bond motifs is 2. The van der Waals surface area contributed by atoms with Gasteiger partial charge < -0.3 is 4.74 Å². The summed E-state index contributed by atoms with van der Waals surface area (Å²) in [5.74, 6) is 1.64. The monoisotopic (exact) mass is 182 g/mol. The minimum Gasteiger partial charge on any atom is -0.374 e. The van der Waals surface area contributed by atoms with E-state index in [-0.39, 0.29) is 0 Å². The fraction of sp³-hybridized carbons (Fsp3) is 1.00. The minimum absolute atomic E-state index is 0.331. The molecule has 4 atom stereocenters. The predicted molar refractivity (Wildman–Crippen MR) is 54.6 cm³/mol. The molecule has 1 heterocycles. The highest BCUT2D eigenvalue weighted by molar-refractivity contribution is 4.96. The topological polar surface area (TPSA) is 9.23 Å². The Hall–Kier alpha value is -0.0400. The van der Waals surface area contributed by atoms with Crippen LogP contribution in [-0.2, 0) is 4.74 Å². The van der Waals surface area contributed by atoms with Gasteiger partial charge in [0.2, 0.25) is 0 Å². The largest absolute Gasteiger partial charge is 0.374 e. The van der Waals surface area contributed by atoms with E-state index in [9.17, 15) is 0 Å². The number of hydrogen-bond donors (Lipinski definition) is 0. The molecule has 1 aliphatic carbocycles. The third-order valence-corrected chi connectivity index (χ3v) is 3.85. The van der Waals surface area contributed by atoms with Gasteiger partial charge in [-0.25, -0.2) is 0 Å². The summed E-state index contributed by atoms with van der Waals surface area (Å²) in [5.41, 5.74) is 0.331. The lowest BCUT2D eigenvalue weighted by Gasteiger charge is -2.32. The van der Waals surface area contributed by atoms with Crippen LogP contribution < -0.4 is 0 Å². The lowest BCUT2D eigenvalue weighted by atomic mass is 9.72. The van der Waals surface area contributed by atoms with E-state index in [1.165, 1.54) is 19.3 Å². The predicted octanol–water partition coefficient (Wildman–Crippen LogP) is 3.24. The molecule has 0 aromatic rings. The fourth-order valence-electron chi connectivity index (χ4n) is 3.11. The molecule has 0 radical (unpaired) electrons. The summed E-state index contributed by atoms with van der Waals surface area (Å²) in [4.78, 5) is 0. The van der Waals surface area contributed by atoms with Crippen molar-refractivity contribution in [2.45, 2.75) is 59.2 Å². The lowest BCUT2D eigenvalue weighted by Crippen LogP contribution is -2.32. The second-order valence-electron chi connectivity index (χ2n) is 5.92. The molecule has 0 spiro atoms. The van der Waals surface area contributed by atoms with Crippen molar-refractivity contribution in [2.75, 3.05) is 0 Å². The summed E-state index contributed by atoms with van der Waals surface area (Å²) < 4.78 is 6.16. The second kappa shape index (κ2) is 2.98. The maximum Gasteiger partial charge on any atom is 0.0658 e. The molecule has 13 heavy (non-hydrogen) atoms. The van der Waals surface area contributed by atoms with Crippen LogP contribution in [0.15, 0.2) is 0 Å². The van der Waals surface area contributed by atoms with Crippen LogP contribution in [0.1, 0.15) is 47.0 Å². The summed E-state index contributed by atoms with van der Waals surface area (Å²) in [6, 6.07) is 0. The molecule has 1 heteroatoms. The number of ether oxygens (including phenoxy) is 1. The van der Waals surface area contributed by atoms with Gasteiger partial charge in [-0.2, -0.15) is 0 Å². The molecule has 0 N–H and O–H groups in total. The van der Waals surface area contributed by atoms with Crippen molar-refractivity contribution in [3.63, 3.8) is 0 Å². The van der Waals surface area contributed by atoms with E-state index in [4.69, 9.17) is 4.74 Å². The average molecular weight is 182 g/mol. The van der Waals surface area contributed by atoms with Gasteiger partial charge >= 0.3 is 0 Å². The Morgan fingerprint density at radius 1 is 1.15 bits per heavy atom. The summed E-state index contributed by atoms with van der Waals surface area (Å²) in [6.45, 7) is 9.31. The van der Waals surface area contributed by atoms with Crippen LogP contribution in [0.4, 0.5) is 0 Å². The molecule has 2 aliphatic rings. The molecule has 0 amide bonds. The third kappa shape index (κ3) is 1.52. The van der Waals surface area contributed by atoms with Gasteiger partial charge in [0.05, 0.1) is 12.2 Å². The average Bonchev–Trinajstić information content (AvgIpc) is 2.27. The van der Waals surface area contributed by atoms with E-state index < -0.39 is 0 Å². The summed E-state index contributed by atoms with van der Waals surface area (Å²) in [7, 11) is 0. The van der Waals surface area contributed by atoms with Crippen molar-refractivity contribution in [1.82, 2.24) is 0 Å². The summed E-state index contributed by atoms with van der Waals surface area (Å²) >= 11 is 0. The molecule has 2 fully saturated rings. The van der Waals surface area contributed by atoms with Gasteiger partial charge in [0.1, 0.15) is 0 Å². The number of hydrogen-bond acceptors (Lipinski definition) is 1. The molecule has 2 rings (SSSR count). The van der Waals surface area contributed by atoms with E-state index in [0.717, 1.165) is 11.8 Å². The van der Waals surface area contributed by atoms with Gasteiger partial charge in [0, 0.05) is 0 Å². The highest BCUT2D eigenvalue weighted by Crippen LogP contribution is 2.47. The highest BCUT2D eigenvalue weighted by atomic mass is 16.5. The lowest BCUT2D eigenvalue weighted by molar-refractivity contribution is -0.0247. The molecule has 0 aromatic carbocycles. The molecular formula is C12H22O. The Labute approximate surface area is 81.9 Å². The van der Waals surface area contributed by atoms with Gasteiger partial charge in [0.15, 0.2) is 0 Å². The molecule has 1 saturated heterocycles. The van der Waals surface area contributed by atoms with Crippen LogP contribution in [0.2, 0.25) is 0 Å². The highest BCUT2D eigenvalue weighted by Gasteiger charge is 2.48. The second-order valence-corrected chi connectivity index (χ2v) is 5.92. The van der Waals surface area contributed by atoms with Crippen molar-refractivity contribution in [1.29, 1.82) is 0 Å². The first-order valence-corrected chi connectivity index (χ1v) is 5.65. The Kier molecular flexibility index (Phi) is 2.18. The van der Waals surface area contributed by atoms with Crippen LogP contribution >= 0.6 is 0 Å². The van der Waals surface area contributed by atoms with Crippen molar-refractivity contribution >= 4 is 0 Å². The summed E-state index contributed by atoms with van der Waals surface area (Å²) in [5, 5.41) is 0. The standard InChI is InChI=1S/C12H22O/c1-8-9-6-5-7-10(8)13-11(9)12(2,3)4/h8-11H,5-7H2,1-4H3/t8?,9-,10+,11-/m1/s1. The molecule has 1 unspecified atom stereocenters. The Bertz CT molecular complexity index is 192. The first-order chi connectivity index (χ1) is 6.00. The van der Waals surface area contributed by atoms with Crippen LogP contribution in [0.3, 0.4) is 0 Å². The van der Waals surface area contributed by atoms with E-state index in [0.29, 0.717) is 17.6 Å². The van der Waals surface area contributed by atoms with Gasteiger partial charge in [0.25, 0.3) is 0 Å². The van der Waals surface area contributed by atoms with Gasteiger partial charge in [-0.05, 0) is 30.1 Å². The first kappa shape index (κ1) is 9.51. The van der Waals surface area contributed by atoms with E-state index in [2.05, 4.69) is 27.7 Å². The minimum atomic E-state index is 0.331. The number of rotatable bonds is 0. The SMILES string of the molecule is CC1[C@@H]2CCC[C@H]1[C@H](C(C)(C)C)O2. The van der Waals surface area contributed by atoms with Crippen molar-refractivity contribution in [2.24, 2.45) is 17.3 Å². The summed E-state index contributed by atoms with van der Waals surface area (Å²) in [6.07, 6.45) is 5.15. The van der Waals surface area contributed by atoms with Crippen LogP contribution in [0, 0.1) is 17.3 Å². The maximum atomic E-state index is 6.16. The van der Waals surface area contributed by atoms with Crippen LogP contribution in [0.25, 0.3) is 0 Å². The van der Waals surface area contributed by atoms with E-state index >= 15 is 0 Å². The Morgan fingerprint density at radius 2 is 1.85 bits per heavy atom. The Balaban J connectivity index is 2.16. The normalized spacial score (nSPS) is 45.2. The Morgan fingerprint density at radius 3 is 2.38 bits per heavy atom. The molecule has 1 nitrogen and oxygen atoms in total. The molecule has 1 aliphatic heterocycles. The van der Waals surface area contributed by atoms with Crippen molar-refractivity contribution < 1.29 is 4.74 Å². The molecule has 1 saturated carbocycles. The van der Waals surface area contributed by atoms with Gasteiger partial charge in [-0.15, -0.1) is 0 Å². The fourth-order valence-corrected chi connectivity index (χ4v) is 3.11. The van der Waals surface area contributed by atoms with Crippen LogP contribution in [-0.4, -0.2) is 12.2 Å². The zero-order valence-corrected chi connectivity index (χ0v) is 9.34. The van der Waals surface area contributed by atoms with Crippen molar-refractivity contribution in [3.8, 4) is 0 Å².